The highest BCUT2D eigenvalue weighted by atomic mass is 16.4. The molecule has 0 aromatic heterocycles. The predicted octanol–water partition coefficient (Wildman–Crippen LogP) is 2.78. The van der Waals surface area contributed by atoms with E-state index in [1.165, 1.54) is 0 Å². The number of rotatable bonds is 5. The van der Waals surface area contributed by atoms with Gasteiger partial charge in [0.1, 0.15) is 0 Å². The monoisotopic (exact) mass is 172 g/mol. The Morgan fingerprint density at radius 2 is 1.42 bits per heavy atom. The van der Waals surface area contributed by atoms with Crippen LogP contribution in [0.15, 0.2) is 0 Å². The van der Waals surface area contributed by atoms with E-state index >= 15 is 0 Å². The molecule has 0 aliphatic rings. The van der Waals surface area contributed by atoms with Gasteiger partial charge in [-0.15, -0.1) is 0 Å². The molecule has 0 amide bonds. The van der Waals surface area contributed by atoms with Crippen LogP contribution in [0, 0.1) is 17.8 Å². The standard InChI is InChI=1S/C10H20O2/c1-7(2)5-9(10(11)12)6-8(3)4/h7-9H,5-6H2,1-4H3,(H,11,12). The molecule has 0 aliphatic heterocycles. The van der Waals surface area contributed by atoms with Crippen molar-refractivity contribution in [3.63, 3.8) is 0 Å². The Morgan fingerprint density at radius 3 is 1.58 bits per heavy atom. The zero-order chi connectivity index (χ0) is 9.72. The van der Waals surface area contributed by atoms with Gasteiger partial charge in [0, 0.05) is 0 Å². The molecule has 0 fully saturated rings. The van der Waals surface area contributed by atoms with Gasteiger partial charge in [-0.05, 0) is 24.7 Å². The van der Waals surface area contributed by atoms with Crippen molar-refractivity contribution in [3.8, 4) is 0 Å². The minimum atomic E-state index is -0.641. The lowest BCUT2D eigenvalue weighted by molar-refractivity contribution is -0.142. The van der Waals surface area contributed by atoms with Crippen molar-refractivity contribution >= 4 is 5.97 Å². The van der Waals surface area contributed by atoms with E-state index in [0.717, 1.165) is 12.8 Å². The van der Waals surface area contributed by atoms with Crippen LogP contribution in [-0.2, 0) is 4.79 Å². The summed E-state index contributed by atoms with van der Waals surface area (Å²) in [5.74, 6) is 0.164. The molecule has 0 aromatic carbocycles. The lowest BCUT2D eigenvalue weighted by Crippen LogP contribution is -2.17. The SMILES string of the molecule is CC(C)CC(CC(C)C)C(=O)O. The van der Waals surface area contributed by atoms with Gasteiger partial charge >= 0.3 is 5.97 Å². The first-order chi connectivity index (χ1) is 5.43. The second-order valence-corrected chi connectivity index (χ2v) is 4.29. The average Bonchev–Trinajstić information content (AvgIpc) is 1.83. The van der Waals surface area contributed by atoms with Crippen LogP contribution >= 0.6 is 0 Å². The summed E-state index contributed by atoms with van der Waals surface area (Å²) in [5.41, 5.74) is 0. The molecule has 0 saturated heterocycles. The zero-order valence-corrected chi connectivity index (χ0v) is 8.50. The molecule has 72 valence electrons. The van der Waals surface area contributed by atoms with Crippen molar-refractivity contribution < 1.29 is 9.90 Å². The highest BCUT2D eigenvalue weighted by molar-refractivity contribution is 5.69. The molecule has 12 heavy (non-hydrogen) atoms. The van der Waals surface area contributed by atoms with Gasteiger partial charge in [0.25, 0.3) is 0 Å². The third kappa shape index (κ3) is 5.16. The van der Waals surface area contributed by atoms with Crippen LogP contribution in [0.1, 0.15) is 40.5 Å². The van der Waals surface area contributed by atoms with Crippen LogP contribution in [0.5, 0.6) is 0 Å². The van der Waals surface area contributed by atoms with Crippen molar-refractivity contribution in [2.75, 3.05) is 0 Å². The fourth-order valence-electron chi connectivity index (χ4n) is 1.44. The van der Waals surface area contributed by atoms with Crippen LogP contribution in [0.2, 0.25) is 0 Å². The third-order valence-corrected chi connectivity index (χ3v) is 1.86. The van der Waals surface area contributed by atoms with Crippen LogP contribution in [0.3, 0.4) is 0 Å². The number of hydrogen-bond donors (Lipinski definition) is 1. The van der Waals surface area contributed by atoms with Gasteiger partial charge in [-0.2, -0.15) is 0 Å². The summed E-state index contributed by atoms with van der Waals surface area (Å²) in [4.78, 5) is 10.8. The van der Waals surface area contributed by atoms with E-state index in [2.05, 4.69) is 27.7 Å². The summed E-state index contributed by atoms with van der Waals surface area (Å²) >= 11 is 0. The van der Waals surface area contributed by atoms with Crippen molar-refractivity contribution in [2.45, 2.75) is 40.5 Å². The van der Waals surface area contributed by atoms with E-state index < -0.39 is 5.97 Å². The molecule has 0 bridgehead atoms. The third-order valence-electron chi connectivity index (χ3n) is 1.86. The van der Waals surface area contributed by atoms with Crippen LogP contribution in [-0.4, -0.2) is 11.1 Å². The Labute approximate surface area is 75.0 Å². The molecule has 0 radical (unpaired) electrons. The van der Waals surface area contributed by atoms with Crippen molar-refractivity contribution in [2.24, 2.45) is 17.8 Å². The number of carbonyl (C=O) groups is 1. The fourth-order valence-corrected chi connectivity index (χ4v) is 1.44. The molecular formula is C10H20O2. The smallest absolute Gasteiger partial charge is 0.306 e. The second-order valence-electron chi connectivity index (χ2n) is 4.29. The van der Waals surface area contributed by atoms with Gasteiger partial charge in [-0.1, -0.05) is 27.7 Å². The predicted molar refractivity (Wildman–Crippen MR) is 50.0 cm³/mol. The molecule has 2 heteroatoms. The van der Waals surface area contributed by atoms with Crippen molar-refractivity contribution in [3.05, 3.63) is 0 Å². The first-order valence-electron chi connectivity index (χ1n) is 4.66. The van der Waals surface area contributed by atoms with Gasteiger partial charge in [0.05, 0.1) is 5.92 Å². The molecule has 1 N–H and O–H groups in total. The molecule has 0 saturated carbocycles. The largest absolute Gasteiger partial charge is 0.481 e. The fraction of sp³-hybridized carbons (Fsp3) is 0.900. The topological polar surface area (TPSA) is 37.3 Å². The first kappa shape index (κ1) is 11.5. The van der Waals surface area contributed by atoms with E-state index in [1.54, 1.807) is 0 Å². The normalized spacial score (nSPS) is 11.6. The molecule has 0 unspecified atom stereocenters. The average molecular weight is 172 g/mol. The van der Waals surface area contributed by atoms with Crippen LogP contribution in [0.25, 0.3) is 0 Å². The van der Waals surface area contributed by atoms with Gasteiger partial charge < -0.3 is 5.11 Å². The Kier molecular flexibility index (Phi) is 4.95. The maximum Gasteiger partial charge on any atom is 0.306 e. The van der Waals surface area contributed by atoms with Gasteiger partial charge in [-0.3, -0.25) is 4.79 Å². The van der Waals surface area contributed by atoms with Crippen molar-refractivity contribution in [1.82, 2.24) is 0 Å². The van der Waals surface area contributed by atoms with Gasteiger partial charge in [-0.25, -0.2) is 0 Å². The minimum Gasteiger partial charge on any atom is -0.481 e. The first-order valence-corrected chi connectivity index (χ1v) is 4.66. The molecule has 0 aromatic rings. The molecular weight excluding hydrogens is 152 g/mol. The summed E-state index contributed by atoms with van der Waals surface area (Å²) in [6.45, 7) is 8.26. The van der Waals surface area contributed by atoms with Gasteiger partial charge in [0.2, 0.25) is 0 Å². The Balaban J connectivity index is 3.96. The van der Waals surface area contributed by atoms with Crippen molar-refractivity contribution in [1.29, 1.82) is 0 Å². The number of carboxylic acid groups (broad SMARTS) is 1. The number of aliphatic carboxylic acids is 1. The Morgan fingerprint density at radius 1 is 1.08 bits per heavy atom. The Bertz CT molecular complexity index is 129. The quantitative estimate of drug-likeness (QED) is 0.692. The van der Waals surface area contributed by atoms with Crippen LogP contribution in [0.4, 0.5) is 0 Å². The van der Waals surface area contributed by atoms with E-state index in [1.807, 2.05) is 0 Å². The van der Waals surface area contributed by atoms with E-state index in [0.29, 0.717) is 11.8 Å². The summed E-state index contributed by atoms with van der Waals surface area (Å²) < 4.78 is 0. The molecule has 0 aliphatic carbocycles. The molecule has 2 nitrogen and oxygen atoms in total. The van der Waals surface area contributed by atoms with Crippen LogP contribution < -0.4 is 0 Å². The van der Waals surface area contributed by atoms with E-state index in [4.69, 9.17) is 5.11 Å². The minimum absolute atomic E-state index is 0.148. The summed E-state index contributed by atoms with van der Waals surface area (Å²) in [6.07, 6.45) is 1.60. The summed E-state index contributed by atoms with van der Waals surface area (Å²) in [6, 6.07) is 0. The molecule has 0 rings (SSSR count). The second kappa shape index (κ2) is 5.18. The number of carboxylic acids is 1. The maximum atomic E-state index is 10.8. The Hall–Kier alpha value is -0.530. The lowest BCUT2D eigenvalue weighted by Gasteiger charge is -2.16. The maximum absolute atomic E-state index is 10.8. The lowest BCUT2D eigenvalue weighted by atomic mass is 9.90. The molecule has 0 atom stereocenters. The van der Waals surface area contributed by atoms with Gasteiger partial charge in [0.15, 0.2) is 0 Å². The highest BCUT2D eigenvalue weighted by Gasteiger charge is 2.19. The van der Waals surface area contributed by atoms with E-state index in [-0.39, 0.29) is 5.92 Å². The summed E-state index contributed by atoms with van der Waals surface area (Å²) in [7, 11) is 0. The molecule has 0 heterocycles. The zero-order valence-electron chi connectivity index (χ0n) is 8.50. The highest BCUT2D eigenvalue weighted by Crippen LogP contribution is 2.19. The summed E-state index contributed by atoms with van der Waals surface area (Å²) in [5, 5.41) is 8.87. The van der Waals surface area contributed by atoms with E-state index in [9.17, 15) is 4.79 Å². The molecule has 0 spiro atoms. The number of hydrogen-bond acceptors (Lipinski definition) is 1.